The van der Waals surface area contributed by atoms with Crippen LogP contribution in [0.3, 0.4) is 0 Å². The highest BCUT2D eigenvalue weighted by Crippen LogP contribution is 2.28. The number of para-hydroxylation sites is 1. The lowest BCUT2D eigenvalue weighted by molar-refractivity contribution is -0.210. The van der Waals surface area contributed by atoms with Crippen LogP contribution in [0.1, 0.15) is 25.0 Å². The molecule has 0 saturated carbocycles. The Morgan fingerprint density at radius 1 is 1.22 bits per heavy atom. The highest BCUT2D eigenvalue weighted by atomic mass is 19.4. The Balaban J connectivity index is 2.73. The van der Waals surface area contributed by atoms with Crippen LogP contribution >= 0.6 is 0 Å². The second kappa shape index (κ2) is 6.06. The fourth-order valence-corrected chi connectivity index (χ4v) is 1.37. The lowest BCUT2D eigenvalue weighted by atomic mass is 10.1. The van der Waals surface area contributed by atoms with E-state index in [1.807, 2.05) is 0 Å². The van der Waals surface area contributed by atoms with E-state index >= 15 is 0 Å². The summed E-state index contributed by atoms with van der Waals surface area (Å²) in [5.41, 5.74) is 0.411. The Labute approximate surface area is 103 Å². The summed E-state index contributed by atoms with van der Waals surface area (Å²) in [6.07, 6.45) is -7.63. The van der Waals surface area contributed by atoms with Crippen LogP contribution in [0, 0.1) is 0 Å². The topological polar surface area (TPSA) is 49.7 Å². The maximum absolute atomic E-state index is 12.1. The van der Waals surface area contributed by atoms with Crippen molar-refractivity contribution in [1.82, 2.24) is 0 Å². The monoisotopic (exact) mass is 264 g/mol. The molecule has 0 heterocycles. The average molecular weight is 264 g/mol. The minimum absolute atomic E-state index is 0.148. The number of ether oxygens (including phenoxy) is 1. The predicted molar refractivity (Wildman–Crippen MR) is 59.2 cm³/mol. The van der Waals surface area contributed by atoms with Crippen LogP contribution in [-0.4, -0.2) is 29.1 Å². The van der Waals surface area contributed by atoms with E-state index < -0.39 is 25.0 Å². The molecule has 0 amide bonds. The van der Waals surface area contributed by atoms with Gasteiger partial charge < -0.3 is 14.9 Å². The Morgan fingerprint density at radius 3 is 2.39 bits per heavy atom. The first-order valence-electron chi connectivity index (χ1n) is 5.50. The van der Waals surface area contributed by atoms with Gasteiger partial charge in [-0.15, -0.1) is 0 Å². The van der Waals surface area contributed by atoms with E-state index in [2.05, 4.69) is 0 Å². The number of hydrogen-bond acceptors (Lipinski definition) is 3. The zero-order valence-corrected chi connectivity index (χ0v) is 9.81. The highest BCUT2D eigenvalue weighted by molar-refractivity contribution is 5.35. The van der Waals surface area contributed by atoms with Crippen molar-refractivity contribution >= 4 is 0 Å². The van der Waals surface area contributed by atoms with Gasteiger partial charge in [0, 0.05) is 5.56 Å². The average Bonchev–Trinajstić information content (AvgIpc) is 2.34. The number of benzene rings is 1. The molecule has 0 aliphatic carbocycles. The minimum atomic E-state index is -4.71. The normalized spacial score (nSPS) is 15.2. The van der Waals surface area contributed by atoms with E-state index in [9.17, 15) is 18.3 Å². The molecule has 1 aromatic rings. The minimum Gasteiger partial charge on any atom is -0.490 e. The van der Waals surface area contributed by atoms with Crippen molar-refractivity contribution in [1.29, 1.82) is 0 Å². The van der Waals surface area contributed by atoms with Crippen molar-refractivity contribution in [3.05, 3.63) is 29.8 Å². The second-order valence-corrected chi connectivity index (χ2v) is 3.83. The molecular weight excluding hydrogens is 249 g/mol. The van der Waals surface area contributed by atoms with Crippen molar-refractivity contribution in [2.75, 3.05) is 6.61 Å². The molecule has 3 nitrogen and oxygen atoms in total. The summed E-state index contributed by atoms with van der Waals surface area (Å²) >= 11 is 0. The molecule has 0 spiro atoms. The molecule has 1 rings (SSSR count). The molecule has 1 unspecified atom stereocenters. The Kier molecular flexibility index (Phi) is 4.98. The highest BCUT2D eigenvalue weighted by Gasteiger charge is 2.38. The fraction of sp³-hybridized carbons (Fsp3) is 0.500. The van der Waals surface area contributed by atoms with Gasteiger partial charge in [-0.3, -0.25) is 0 Å². The van der Waals surface area contributed by atoms with E-state index in [0.717, 1.165) is 0 Å². The number of aliphatic hydroxyl groups excluding tert-OH is 2. The van der Waals surface area contributed by atoms with Crippen LogP contribution in [0.15, 0.2) is 24.3 Å². The van der Waals surface area contributed by atoms with Gasteiger partial charge in [-0.1, -0.05) is 25.1 Å². The zero-order valence-electron chi connectivity index (χ0n) is 9.81. The molecule has 0 aliphatic heterocycles. The maximum Gasteiger partial charge on any atom is 0.417 e. The smallest absolute Gasteiger partial charge is 0.417 e. The third-order valence-corrected chi connectivity index (χ3v) is 2.44. The van der Waals surface area contributed by atoms with Gasteiger partial charge >= 0.3 is 6.18 Å². The number of alkyl halides is 3. The molecule has 0 aromatic heterocycles. The molecule has 0 fully saturated rings. The van der Waals surface area contributed by atoms with E-state index in [1.54, 1.807) is 25.1 Å². The lowest BCUT2D eigenvalue weighted by Gasteiger charge is -2.18. The third kappa shape index (κ3) is 3.89. The fourth-order valence-electron chi connectivity index (χ4n) is 1.37. The summed E-state index contributed by atoms with van der Waals surface area (Å²) in [6, 6.07) is 6.27. The molecule has 18 heavy (non-hydrogen) atoms. The summed E-state index contributed by atoms with van der Waals surface area (Å²) in [6.45, 7) is 0.850. The lowest BCUT2D eigenvalue weighted by Crippen LogP contribution is -2.34. The van der Waals surface area contributed by atoms with Gasteiger partial charge in [0.25, 0.3) is 0 Å². The molecule has 0 radical (unpaired) electrons. The van der Waals surface area contributed by atoms with Gasteiger partial charge in [-0.25, -0.2) is 0 Å². The molecule has 1 aromatic carbocycles. The van der Waals surface area contributed by atoms with Gasteiger partial charge in [0.15, 0.2) is 6.10 Å². The quantitative estimate of drug-likeness (QED) is 0.858. The van der Waals surface area contributed by atoms with Gasteiger partial charge in [-0.2, -0.15) is 13.2 Å². The maximum atomic E-state index is 12.1. The summed E-state index contributed by atoms with van der Waals surface area (Å²) < 4.78 is 41.2. The van der Waals surface area contributed by atoms with Crippen LogP contribution in [0.4, 0.5) is 13.2 Å². The SMILES string of the molecule is CC[C@@H](O)c1ccccc1OCC(O)C(F)(F)F. The van der Waals surface area contributed by atoms with E-state index in [-0.39, 0.29) is 5.75 Å². The first-order chi connectivity index (χ1) is 8.36. The Bertz CT molecular complexity index is 379. The van der Waals surface area contributed by atoms with E-state index in [1.165, 1.54) is 6.07 Å². The van der Waals surface area contributed by atoms with Gasteiger partial charge in [0.1, 0.15) is 12.4 Å². The van der Waals surface area contributed by atoms with Crippen molar-refractivity contribution < 1.29 is 28.1 Å². The molecule has 2 atom stereocenters. The third-order valence-electron chi connectivity index (χ3n) is 2.44. The second-order valence-electron chi connectivity index (χ2n) is 3.83. The van der Waals surface area contributed by atoms with Crippen LogP contribution in [0.2, 0.25) is 0 Å². The predicted octanol–water partition coefficient (Wildman–Crippen LogP) is 2.43. The summed E-state index contributed by atoms with van der Waals surface area (Å²) in [5.74, 6) is 0.148. The molecule has 0 saturated heterocycles. The van der Waals surface area contributed by atoms with Crippen LogP contribution in [0.5, 0.6) is 5.75 Å². The number of rotatable bonds is 5. The molecule has 102 valence electrons. The molecular formula is C12H15F3O3. The van der Waals surface area contributed by atoms with Gasteiger partial charge in [0.2, 0.25) is 0 Å². The summed E-state index contributed by atoms with van der Waals surface area (Å²) in [7, 11) is 0. The van der Waals surface area contributed by atoms with Gasteiger partial charge in [-0.05, 0) is 12.5 Å². The largest absolute Gasteiger partial charge is 0.490 e. The van der Waals surface area contributed by atoms with Crippen molar-refractivity contribution in [3.8, 4) is 5.75 Å². The van der Waals surface area contributed by atoms with Crippen molar-refractivity contribution in [2.45, 2.75) is 31.7 Å². The molecule has 2 N–H and O–H groups in total. The molecule has 6 heteroatoms. The van der Waals surface area contributed by atoms with E-state index in [0.29, 0.717) is 12.0 Å². The molecule has 0 bridgehead atoms. The van der Waals surface area contributed by atoms with Gasteiger partial charge in [0.05, 0.1) is 6.10 Å². The first kappa shape index (κ1) is 14.8. The van der Waals surface area contributed by atoms with Crippen molar-refractivity contribution in [2.24, 2.45) is 0 Å². The molecule has 0 aliphatic rings. The zero-order chi connectivity index (χ0) is 13.8. The first-order valence-corrected chi connectivity index (χ1v) is 5.50. The van der Waals surface area contributed by atoms with E-state index in [4.69, 9.17) is 9.84 Å². The number of halogens is 3. The summed E-state index contributed by atoms with van der Waals surface area (Å²) in [5, 5.41) is 18.5. The van der Waals surface area contributed by atoms with Crippen LogP contribution in [0.25, 0.3) is 0 Å². The summed E-state index contributed by atoms with van der Waals surface area (Å²) in [4.78, 5) is 0. The van der Waals surface area contributed by atoms with Crippen LogP contribution in [-0.2, 0) is 0 Å². The Hall–Kier alpha value is -1.27. The van der Waals surface area contributed by atoms with Crippen LogP contribution < -0.4 is 4.74 Å². The van der Waals surface area contributed by atoms with Crippen molar-refractivity contribution in [3.63, 3.8) is 0 Å². The number of hydrogen-bond donors (Lipinski definition) is 2. The Morgan fingerprint density at radius 2 is 1.83 bits per heavy atom. The standard InChI is InChI=1S/C12H15F3O3/c1-2-9(16)8-5-3-4-6-10(8)18-7-11(17)12(13,14)15/h3-6,9,11,16-17H,2,7H2,1H3/t9-,11?/m1/s1. The number of aliphatic hydroxyl groups is 2.